The summed E-state index contributed by atoms with van der Waals surface area (Å²) < 4.78 is 0. The zero-order valence-corrected chi connectivity index (χ0v) is 16.7. The van der Waals surface area contributed by atoms with Crippen LogP contribution in [0.25, 0.3) is 0 Å². The predicted octanol–water partition coefficient (Wildman–Crippen LogP) is 5.20. The number of piperidine rings is 1. The van der Waals surface area contributed by atoms with Crippen molar-refractivity contribution in [2.75, 3.05) is 31.6 Å². The molecular formula is C21H30Cl2N2. The van der Waals surface area contributed by atoms with E-state index in [-0.39, 0.29) is 24.8 Å². The number of rotatable bonds is 6. The first-order valence-electron chi connectivity index (χ1n) is 8.87. The first-order valence-corrected chi connectivity index (χ1v) is 8.87. The molecule has 2 nitrogen and oxygen atoms in total. The van der Waals surface area contributed by atoms with Crippen LogP contribution in [-0.2, 0) is 13.0 Å². The number of hydrogen-bond acceptors (Lipinski definition) is 2. The average molecular weight is 381 g/mol. The third-order valence-electron chi connectivity index (χ3n) is 4.81. The minimum absolute atomic E-state index is 0. The van der Waals surface area contributed by atoms with Gasteiger partial charge in [-0.15, -0.1) is 24.8 Å². The Balaban J connectivity index is 0.00000156. The van der Waals surface area contributed by atoms with Gasteiger partial charge in [-0.2, -0.15) is 0 Å². The molecule has 0 bridgehead atoms. The topological polar surface area (TPSA) is 6.48 Å². The van der Waals surface area contributed by atoms with Gasteiger partial charge in [0.05, 0.1) is 0 Å². The summed E-state index contributed by atoms with van der Waals surface area (Å²) in [5.74, 6) is 0. The molecule has 4 heteroatoms. The molecule has 0 amide bonds. The number of halogens is 2. The van der Waals surface area contributed by atoms with Crippen molar-refractivity contribution >= 4 is 30.5 Å². The molecule has 138 valence electrons. The van der Waals surface area contributed by atoms with Crippen LogP contribution < -0.4 is 4.90 Å². The quantitative estimate of drug-likeness (QED) is 0.679. The highest BCUT2D eigenvalue weighted by Gasteiger charge is 2.10. The Labute approximate surface area is 165 Å². The Morgan fingerprint density at radius 2 is 1.44 bits per heavy atom. The van der Waals surface area contributed by atoms with Crippen LogP contribution in [0.2, 0.25) is 0 Å². The Kier molecular flexibility index (Phi) is 9.96. The first kappa shape index (κ1) is 21.8. The van der Waals surface area contributed by atoms with Gasteiger partial charge in [0.1, 0.15) is 0 Å². The minimum Gasteiger partial charge on any atom is -0.374 e. The second-order valence-corrected chi connectivity index (χ2v) is 6.66. The van der Waals surface area contributed by atoms with Gasteiger partial charge < -0.3 is 4.90 Å². The molecule has 0 N–H and O–H groups in total. The lowest BCUT2D eigenvalue weighted by Gasteiger charge is -2.26. The normalized spacial score (nSPS) is 14.3. The lowest BCUT2D eigenvalue weighted by atomic mass is 10.1. The molecule has 0 aliphatic carbocycles. The summed E-state index contributed by atoms with van der Waals surface area (Å²) in [5.41, 5.74) is 4.15. The molecule has 1 saturated heterocycles. The lowest BCUT2D eigenvalue weighted by Crippen LogP contribution is -2.29. The van der Waals surface area contributed by atoms with Gasteiger partial charge in [-0.3, -0.25) is 4.90 Å². The SMILES string of the molecule is CN(CCc1ccccc1)c1ccc(CN2CCCCC2)cc1.Cl.Cl. The van der Waals surface area contributed by atoms with Crippen molar-refractivity contribution in [1.29, 1.82) is 0 Å². The molecule has 0 aromatic heterocycles. The summed E-state index contributed by atoms with van der Waals surface area (Å²) in [7, 11) is 2.18. The highest BCUT2D eigenvalue weighted by Crippen LogP contribution is 2.17. The molecular weight excluding hydrogens is 351 g/mol. The van der Waals surface area contributed by atoms with Gasteiger partial charge in [0, 0.05) is 25.8 Å². The van der Waals surface area contributed by atoms with Crippen molar-refractivity contribution in [2.24, 2.45) is 0 Å². The lowest BCUT2D eigenvalue weighted by molar-refractivity contribution is 0.221. The van der Waals surface area contributed by atoms with E-state index in [1.54, 1.807) is 0 Å². The van der Waals surface area contributed by atoms with E-state index in [0.717, 1.165) is 19.5 Å². The zero-order chi connectivity index (χ0) is 15.9. The molecule has 2 aromatic carbocycles. The van der Waals surface area contributed by atoms with E-state index in [2.05, 4.69) is 71.4 Å². The molecule has 0 saturated carbocycles. The molecule has 1 heterocycles. The maximum atomic E-state index is 2.58. The Morgan fingerprint density at radius 1 is 0.800 bits per heavy atom. The first-order chi connectivity index (χ1) is 11.3. The maximum Gasteiger partial charge on any atom is 0.0363 e. The largest absolute Gasteiger partial charge is 0.374 e. The molecule has 1 aliphatic rings. The molecule has 0 radical (unpaired) electrons. The van der Waals surface area contributed by atoms with E-state index in [9.17, 15) is 0 Å². The van der Waals surface area contributed by atoms with Gasteiger partial charge in [0.2, 0.25) is 0 Å². The molecule has 0 atom stereocenters. The van der Waals surface area contributed by atoms with Gasteiger partial charge in [0.25, 0.3) is 0 Å². The summed E-state index contributed by atoms with van der Waals surface area (Å²) in [6, 6.07) is 19.8. The van der Waals surface area contributed by atoms with Gasteiger partial charge in [0.15, 0.2) is 0 Å². The summed E-state index contributed by atoms with van der Waals surface area (Å²) in [6.07, 6.45) is 5.22. The van der Waals surface area contributed by atoms with Crippen molar-refractivity contribution in [1.82, 2.24) is 4.90 Å². The van der Waals surface area contributed by atoms with Gasteiger partial charge in [-0.1, -0.05) is 48.9 Å². The molecule has 1 fully saturated rings. The van der Waals surface area contributed by atoms with Crippen molar-refractivity contribution < 1.29 is 0 Å². The Morgan fingerprint density at radius 3 is 2.08 bits per heavy atom. The van der Waals surface area contributed by atoms with Crippen molar-refractivity contribution in [3.63, 3.8) is 0 Å². The van der Waals surface area contributed by atoms with Crippen molar-refractivity contribution in [2.45, 2.75) is 32.2 Å². The van der Waals surface area contributed by atoms with Crippen LogP contribution in [0.3, 0.4) is 0 Å². The predicted molar refractivity (Wildman–Crippen MR) is 113 cm³/mol. The monoisotopic (exact) mass is 380 g/mol. The second kappa shape index (κ2) is 11.4. The minimum atomic E-state index is 0. The molecule has 1 aliphatic heterocycles. The third-order valence-corrected chi connectivity index (χ3v) is 4.81. The number of likely N-dealkylation sites (N-methyl/N-ethyl adjacent to an activating group) is 1. The average Bonchev–Trinajstić information content (AvgIpc) is 2.62. The number of hydrogen-bond donors (Lipinski definition) is 0. The van der Waals surface area contributed by atoms with E-state index in [4.69, 9.17) is 0 Å². The highest BCUT2D eigenvalue weighted by atomic mass is 35.5. The summed E-state index contributed by atoms with van der Waals surface area (Å²) in [6.45, 7) is 4.68. The number of anilines is 1. The smallest absolute Gasteiger partial charge is 0.0363 e. The highest BCUT2D eigenvalue weighted by molar-refractivity contribution is 5.85. The molecule has 0 unspecified atom stereocenters. The fourth-order valence-electron chi connectivity index (χ4n) is 3.30. The number of benzene rings is 2. The van der Waals surface area contributed by atoms with Crippen LogP contribution in [0.5, 0.6) is 0 Å². The summed E-state index contributed by atoms with van der Waals surface area (Å²) in [5, 5.41) is 0. The van der Waals surface area contributed by atoms with Crippen molar-refractivity contribution in [3.05, 3.63) is 65.7 Å². The third kappa shape index (κ3) is 6.89. The Hall–Kier alpha value is -1.22. The number of nitrogens with zero attached hydrogens (tertiary/aromatic N) is 2. The number of likely N-dealkylation sites (tertiary alicyclic amines) is 1. The Bertz CT molecular complexity index is 581. The van der Waals surface area contributed by atoms with Crippen LogP contribution in [0, 0.1) is 0 Å². The van der Waals surface area contributed by atoms with Gasteiger partial charge in [-0.05, 0) is 55.6 Å². The van der Waals surface area contributed by atoms with Crippen LogP contribution in [-0.4, -0.2) is 31.6 Å². The fraction of sp³-hybridized carbons (Fsp3) is 0.429. The van der Waals surface area contributed by atoms with E-state index in [0.29, 0.717) is 0 Å². The van der Waals surface area contributed by atoms with Gasteiger partial charge >= 0.3 is 0 Å². The second-order valence-electron chi connectivity index (χ2n) is 6.66. The standard InChI is InChI=1S/C21H28N2.2ClH/c1-22(17-14-19-8-4-2-5-9-19)21-12-10-20(11-13-21)18-23-15-6-3-7-16-23;;/h2,4-5,8-13H,3,6-7,14-18H2,1H3;2*1H. The fourth-order valence-corrected chi connectivity index (χ4v) is 3.30. The van der Waals surface area contributed by atoms with Crippen LogP contribution in [0.1, 0.15) is 30.4 Å². The van der Waals surface area contributed by atoms with Crippen LogP contribution in [0.15, 0.2) is 54.6 Å². The molecule has 2 aromatic rings. The van der Waals surface area contributed by atoms with Crippen molar-refractivity contribution in [3.8, 4) is 0 Å². The van der Waals surface area contributed by atoms with Crippen LogP contribution in [0.4, 0.5) is 5.69 Å². The van der Waals surface area contributed by atoms with E-state index >= 15 is 0 Å². The maximum absolute atomic E-state index is 2.58. The van der Waals surface area contributed by atoms with E-state index in [1.807, 2.05) is 0 Å². The van der Waals surface area contributed by atoms with E-state index in [1.165, 1.54) is 49.2 Å². The van der Waals surface area contributed by atoms with E-state index < -0.39 is 0 Å². The molecule has 25 heavy (non-hydrogen) atoms. The zero-order valence-electron chi connectivity index (χ0n) is 15.1. The summed E-state index contributed by atoms with van der Waals surface area (Å²) >= 11 is 0. The van der Waals surface area contributed by atoms with Gasteiger partial charge in [-0.25, -0.2) is 0 Å². The molecule has 3 rings (SSSR count). The summed E-state index contributed by atoms with van der Waals surface area (Å²) in [4.78, 5) is 4.93. The van der Waals surface area contributed by atoms with Crippen LogP contribution >= 0.6 is 24.8 Å². The molecule has 0 spiro atoms.